The van der Waals surface area contributed by atoms with Crippen LogP contribution in [0.5, 0.6) is 0 Å². The van der Waals surface area contributed by atoms with Gasteiger partial charge in [0.1, 0.15) is 5.78 Å². The number of carbonyl (C=O) groups excluding carboxylic acids is 1. The van der Waals surface area contributed by atoms with E-state index in [0.29, 0.717) is 17.1 Å². The van der Waals surface area contributed by atoms with E-state index in [4.69, 9.17) is 9.90 Å². The molecule has 25 heavy (non-hydrogen) atoms. The van der Waals surface area contributed by atoms with Crippen LogP contribution >= 0.6 is 0 Å². The molecule has 2 N–H and O–H groups in total. The minimum Gasteiger partial charge on any atom is -0.481 e. The van der Waals surface area contributed by atoms with E-state index in [0.717, 1.165) is 56.8 Å². The van der Waals surface area contributed by atoms with E-state index in [9.17, 15) is 9.90 Å². The quantitative estimate of drug-likeness (QED) is 0.691. The maximum Gasteiger partial charge on any atom is 0.300 e. The highest BCUT2D eigenvalue weighted by atomic mass is 16.4. The Morgan fingerprint density at radius 3 is 2.40 bits per heavy atom. The fourth-order valence-corrected chi connectivity index (χ4v) is 7.01. The summed E-state index contributed by atoms with van der Waals surface area (Å²) in [4.78, 5) is 21.4. The van der Waals surface area contributed by atoms with Crippen molar-refractivity contribution in [3.05, 3.63) is 0 Å². The summed E-state index contributed by atoms with van der Waals surface area (Å²) in [5.74, 6) is 2.70. The first-order chi connectivity index (χ1) is 11.7. The third kappa shape index (κ3) is 3.15. The number of aliphatic hydroxyl groups excluding tert-OH is 1. The van der Waals surface area contributed by atoms with Crippen molar-refractivity contribution in [3.63, 3.8) is 0 Å². The Morgan fingerprint density at radius 2 is 1.72 bits per heavy atom. The Morgan fingerprint density at radius 1 is 1.04 bits per heavy atom. The van der Waals surface area contributed by atoms with E-state index in [1.165, 1.54) is 25.7 Å². The number of Topliss-reactive ketones (excluding diaryl/α,β-unsaturated/α-hetero) is 1. The Balaban J connectivity index is 0.000000415. The van der Waals surface area contributed by atoms with Crippen LogP contribution in [0.1, 0.15) is 78.6 Å². The lowest BCUT2D eigenvalue weighted by molar-refractivity contribution is -0.142. The maximum absolute atomic E-state index is 12.4. The molecule has 0 bridgehead atoms. The number of ketones is 1. The van der Waals surface area contributed by atoms with Gasteiger partial charge >= 0.3 is 0 Å². The zero-order valence-corrected chi connectivity index (χ0v) is 16.0. The van der Waals surface area contributed by atoms with Crippen molar-refractivity contribution in [2.75, 3.05) is 0 Å². The van der Waals surface area contributed by atoms with E-state index in [1.807, 2.05) is 0 Å². The van der Waals surface area contributed by atoms with Gasteiger partial charge in [0, 0.05) is 18.8 Å². The van der Waals surface area contributed by atoms with Gasteiger partial charge in [0.25, 0.3) is 5.97 Å². The van der Waals surface area contributed by atoms with Crippen molar-refractivity contribution in [2.24, 2.45) is 34.5 Å². The lowest BCUT2D eigenvalue weighted by atomic mass is 9.45. The van der Waals surface area contributed by atoms with Crippen molar-refractivity contribution in [1.29, 1.82) is 0 Å². The second kappa shape index (κ2) is 6.68. The molecular weight excluding hydrogens is 316 g/mol. The molecule has 0 unspecified atom stereocenters. The number of hydrogen-bond acceptors (Lipinski definition) is 3. The number of carboxylic acids is 1. The minimum absolute atomic E-state index is 0.0124. The number of carbonyl (C=O) groups is 2. The zero-order valence-electron chi connectivity index (χ0n) is 16.0. The minimum atomic E-state index is -0.833. The van der Waals surface area contributed by atoms with Crippen LogP contribution in [0.3, 0.4) is 0 Å². The van der Waals surface area contributed by atoms with Gasteiger partial charge in [-0.3, -0.25) is 9.59 Å². The summed E-state index contributed by atoms with van der Waals surface area (Å²) in [6.45, 7) is 5.86. The molecule has 0 heterocycles. The van der Waals surface area contributed by atoms with E-state index >= 15 is 0 Å². The molecule has 0 amide bonds. The summed E-state index contributed by atoms with van der Waals surface area (Å²) in [6, 6.07) is 0. The molecule has 0 aromatic carbocycles. The predicted octanol–water partition coefficient (Wildman–Crippen LogP) is 4.05. The van der Waals surface area contributed by atoms with Crippen molar-refractivity contribution in [3.8, 4) is 0 Å². The van der Waals surface area contributed by atoms with Gasteiger partial charge in [-0.25, -0.2) is 0 Å². The van der Waals surface area contributed by atoms with Crippen LogP contribution in [-0.4, -0.2) is 28.1 Å². The third-order valence-electron chi connectivity index (χ3n) is 8.35. The fourth-order valence-electron chi connectivity index (χ4n) is 7.01. The van der Waals surface area contributed by atoms with Crippen molar-refractivity contribution < 1.29 is 19.8 Å². The third-order valence-corrected chi connectivity index (χ3v) is 8.35. The van der Waals surface area contributed by atoms with E-state index in [-0.39, 0.29) is 11.5 Å². The molecule has 4 aliphatic carbocycles. The molecule has 142 valence electrons. The van der Waals surface area contributed by atoms with Gasteiger partial charge in [-0.2, -0.15) is 0 Å². The number of aliphatic hydroxyl groups is 1. The maximum atomic E-state index is 12.4. The summed E-state index contributed by atoms with van der Waals surface area (Å²) in [6.07, 6.45) is 10.1. The summed E-state index contributed by atoms with van der Waals surface area (Å²) in [5, 5.41) is 17.5. The molecule has 4 aliphatic rings. The van der Waals surface area contributed by atoms with Gasteiger partial charge in [0.15, 0.2) is 0 Å². The van der Waals surface area contributed by atoms with Gasteiger partial charge in [-0.1, -0.05) is 13.8 Å². The van der Waals surface area contributed by atoms with Gasteiger partial charge in [-0.05, 0) is 80.5 Å². The highest BCUT2D eigenvalue weighted by molar-refractivity contribution is 5.87. The lowest BCUT2D eigenvalue weighted by Crippen LogP contribution is -2.54. The second-order valence-electron chi connectivity index (χ2n) is 9.52. The van der Waals surface area contributed by atoms with E-state index in [1.54, 1.807) is 0 Å². The molecule has 0 spiro atoms. The van der Waals surface area contributed by atoms with Crippen LogP contribution in [0.2, 0.25) is 0 Å². The van der Waals surface area contributed by atoms with Crippen LogP contribution in [0, 0.1) is 34.5 Å². The van der Waals surface area contributed by atoms with Crippen LogP contribution in [-0.2, 0) is 9.59 Å². The normalized spacial score (nSPS) is 48.5. The number of carboxylic acid groups (broad SMARTS) is 1. The zero-order chi connectivity index (χ0) is 18.4. The van der Waals surface area contributed by atoms with Gasteiger partial charge < -0.3 is 10.2 Å². The smallest absolute Gasteiger partial charge is 0.300 e. The van der Waals surface area contributed by atoms with E-state index < -0.39 is 5.97 Å². The summed E-state index contributed by atoms with van der Waals surface area (Å²) >= 11 is 0. The Kier molecular flexibility index (Phi) is 5.04. The highest BCUT2D eigenvalue weighted by Gasteiger charge is 2.60. The van der Waals surface area contributed by atoms with E-state index in [2.05, 4.69) is 13.8 Å². The van der Waals surface area contributed by atoms with Crippen LogP contribution in [0.15, 0.2) is 0 Å². The molecular formula is C21H34O4. The Labute approximate surface area is 151 Å². The molecule has 4 rings (SSSR count). The van der Waals surface area contributed by atoms with Crippen LogP contribution in [0.25, 0.3) is 0 Å². The second-order valence-corrected chi connectivity index (χ2v) is 9.52. The van der Waals surface area contributed by atoms with Crippen molar-refractivity contribution in [1.82, 2.24) is 0 Å². The molecule has 0 aromatic rings. The molecule has 0 aromatic heterocycles. The topological polar surface area (TPSA) is 74.6 Å². The van der Waals surface area contributed by atoms with Crippen LogP contribution in [0.4, 0.5) is 0 Å². The van der Waals surface area contributed by atoms with Gasteiger partial charge in [0.05, 0.1) is 6.10 Å². The Bertz CT molecular complexity index is 540. The Hall–Kier alpha value is -0.900. The first kappa shape index (κ1) is 18.9. The van der Waals surface area contributed by atoms with Crippen molar-refractivity contribution >= 4 is 11.8 Å². The standard InChI is InChI=1S/C19H30O2.C2H4O2/c1-18-9-7-13(20)11-12(18)3-4-14-15-5-6-17(21)19(15,2)10-8-16(14)18;1-2(3)4/h12-16,20H,3-11H2,1-2H3;1H3,(H,3,4)/t12-,13+,14-,15-,16-,18-,19-;/m0./s1. The summed E-state index contributed by atoms with van der Waals surface area (Å²) < 4.78 is 0. The SMILES string of the molecule is CC(=O)O.C[C@]12CC[C@@H](O)C[C@@H]1CC[C@@H]1[C@@H]2CC[C@]2(C)C(=O)CC[C@@H]12. The van der Waals surface area contributed by atoms with Crippen LogP contribution < -0.4 is 0 Å². The first-order valence-corrected chi connectivity index (χ1v) is 10.1. The predicted molar refractivity (Wildman–Crippen MR) is 96.1 cm³/mol. The summed E-state index contributed by atoms with van der Waals surface area (Å²) in [7, 11) is 0. The number of fused-ring (bicyclic) bond motifs is 5. The first-order valence-electron chi connectivity index (χ1n) is 10.1. The average molecular weight is 350 g/mol. The summed E-state index contributed by atoms with van der Waals surface area (Å²) in [5.41, 5.74) is 0.452. The fraction of sp³-hybridized carbons (Fsp3) is 0.905. The monoisotopic (exact) mass is 350 g/mol. The molecule has 0 saturated heterocycles. The highest BCUT2D eigenvalue weighted by Crippen LogP contribution is 2.65. The molecule has 0 aliphatic heterocycles. The number of hydrogen-bond donors (Lipinski definition) is 2. The lowest BCUT2D eigenvalue weighted by Gasteiger charge is -2.60. The largest absolute Gasteiger partial charge is 0.481 e. The van der Waals surface area contributed by atoms with Gasteiger partial charge in [-0.15, -0.1) is 0 Å². The molecule has 0 radical (unpaired) electrons. The number of aliphatic carboxylic acids is 1. The average Bonchev–Trinajstić information content (AvgIpc) is 2.83. The molecule has 4 fully saturated rings. The molecule has 7 atom stereocenters. The molecule has 4 nitrogen and oxygen atoms in total. The molecule has 4 heteroatoms. The van der Waals surface area contributed by atoms with Crippen molar-refractivity contribution in [2.45, 2.75) is 84.7 Å². The number of rotatable bonds is 0. The molecule has 4 saturated carbocycles. The van der Waals surface area contributed by atoms with Gasteiger partial charge in [0.2, 0.25) is 0 Å².